The fraction of sp³-hybridized carbons (Fsp3) is 0.353. The van der Waals surface area contributed by atoms with Gasteiger partial charge in [-0.15, -0.1) is 0 Å². The summed E-state index contributed by atoms with van der Waals surface area (Å²) in [7, 11) is 3.31. The normalized spacial score (nSPS) is 30.1. The molecule has 7 rings (SSSR count). The Morgan fingerprint density at radius 1 is 0.900 bits per heavy atom. The highest BCUT2D eigenvalue weighted by Gasteiger charge is 2.75. The van der Waals surface area contributed by atoms with E-state index in [2.05, 4.69) is 34.5 Å². The molecule has 204 valence electrons. The number of anilines is 1. The largest absolute Gasteiger partial charge is 0.497 e. The number of fused-ring (bicyclic) bond motifs is 5. The first-order valence-electron chi connectivity index (χ1n) is 14.2. The number of nitrogens with one attached hydrogen (secondary N) is 1. The number of benzene rings is 3. The maximum Gasteiger partial charge on any atom is 0.250 e. The van der Waals surface area contributed by atoms with Crippen LogP contribution in [0.15, 0.2) is 78.4 Å². The molecule has 4 atom stereocenters. The number of methoxy groups -OCH3 is 2. The number of ether oxygens (including phenoxy) is 2. The van der Waals surface area contributed by atoms with Gasteiger partial charge >= 0.3 is 0 Å². The number of ketones is 1. The molecular formula is C34H34N2O4. The summed E-state index contributed by atoms with van der Waals surface area (Å²) in [5.74, 6) is 1.40. The van der Waals surface area contributed by atoms with Gasteiger partial charge < -0.3 is 14.8 Å². The summed E-state index contributed by atoms with van der Waals surface area (Å²) >= 11 is 0. The van der Waals surface area contributed by atoms with Crippen LogP contribution < -0.4 is 14.8 Å². The average molecular weight is 535 g/mol. The molecule has 0 bridgehead atoms. The van der Waals surface area contributed by atoms with Crippen LogP contribution >= 0.6 is 0 Å². The standard InChI is InChI=1S/C34H34N2O4/c1-39-25-15-11-22(12-16-25)21-24-7-5-19-33(31(24)37)29-10-6-20-36(29)34(27-8-3-4-9-28(27)35-32(34)38)30(33)23-13-17-26(40-2)18-14-23/h3-4,8-9,11-18,21,29-30H,5-7,10,19-20H2,1-2H3,(H,35,38)/b24-21+/t29-,30-,33?,34+/m0/s1. The van der Waals surface area contributed by atoms with E-state index in [9.17, 15) is 4.79 Å². The number of Topliss-reactive ketones (excluding diaryl/α,β-unsaturated/α-hetero) is 1. The van der Waals surface area contributed by atoms with Gasteiger partial charge in [-0.25, -0.2) is 0 Å². The van der Waals surface area contributed by atoms with Crippen molar-refractivity contribution in [3.63, 3.8) is 0 Å². The Labute approximate surface area is 235 Å². The molecule has 3 fully saturated rings. The van der Waals surface area contributed by atoms with Crippen LogP contribution in [0.2, 0.25) is 0 Å². The minimum Gasteiger partial charge on any atom is -0.497 e. The molecule has 40 heavy (non-hydrogen) atoms. The smallest absolute Gasteiger partial charge is 0.250 e. The molecule has 0 radical (unpaired) electrons. The van der Waals surface area contributed by atoms with Crippen LogP contribution in [0, 0.1) is 5.41 Å². The summed E-state index contributed by atoms with van der Waals surface area (Å²) in [6.45, 7) is 0.797. The summed E-state index contributed by atoms with van der Waals surface area (Å²) < 4.78 is 10.8. The molecule has 3 heterocycles. The molecule has 3 aliphatic heterocycles. The van der Waals surface area contributed by atoms with Crippen molar-refractivity contribution in [2.24, 2.45) is 5.41 Å². The lowest BCUT2D eigenvalue weighted by Gasteiger charge is -2.44. The second-order valence-electron chi connectivity index (χ2n) is 11.5. The molecule has 2 spiro atoms. The van der Waals surface area contributed by atoms with Crippen molar-refractivity contribution in [1.82, 2.24) is 4.90 Å². The Hall–Kier alpha value is -3.90. The maximum atomic E-state index is 15.0. The highest BCUT2D eigenvalue weighted by Crippen LogP contribution is 2.69. The first-order valence-corrected chi connectivity index (χ1v) is 14.2. The molecule has 6 nitrogen and oxygen atoms in total. The maximum absolute atomic E-state index is 15.0. The van der Waals surface area contributed by atoms with Gasteiger partial charge in [0.1, 0.15) is 17.0 Å². The molecule has 6 heteroatoms. The van der Waals surface area contributed by atoms with E-state index in [1.54, 1.807) is 14.2 Å². The third-order valence-electron chi connectivity index (χ3n) is 9.82. The minimum atomic E-state index is -0.940. The van der Waals surface area contributed by atoms with E-state index in [1.165, 1.54) is 0 Å². The zero-order chi connectivity index (χ0) is 27.5. The summed E-state index contributed by atoms with van der Waals surface area (Å²) in [4.78, 5) is 31.8. The Balaban J connectivity index is 1.45. The van der Waals surface area contributed by atoms with Crippen molar-refractivity contribution < 1.29 is 19.1 Å². The fourth-order valence-corrected chi connectivity index (χ4v) is 8.36. The van der Waals surface area contributed by atoms with Gasteiger partial charge in [-0.2, -0.15) is 0 Å². The zero-order valence-electron chi connectivity index (χ0n) is 23.0. The van der Waals surface area contributed by atoms with E-state index >= 15 is 4.79 Å². The molecule has 1 unspecified atom stereocenters. The molecule has 0 aromatic heterocycles. The summed E-state index contributed by atoms with van der Waals surface area (Å²) in [5.41, 5.74) is 3.05. The summed E-state index contributed by atoms with van der Waals surface area (Å²) in [6.07, 6.45) is 6.35. The van der Waals surface area contributed by atoms with Crippen molar-refractivity contribution in [2.75, 3.05) is 26.1 Å². The van der Waals surface area contributed by atoms with Crippen molar-refractivity contribution in [3.05, 3.63) is 95.1 Å². The van der Waals surface area contributed by atoms with E-state index in [0.29, 0.717) is 0 Å². The monoisotopic (exact) mass is 534 g/mol. The van der Waals surface area contributed by atoms with Gasteiger partial charge in [0.2, 0.25) is 5.91 Å². The number of carbonyl (C=O) groups is 2. The molecule has 1 amide bonds. The third kappa shape index (κ3) is 3.32. The highest BCUT2D eigenvalue weighted by molar-refractivity contribution is 6.11. The van der Waals surface area contributed by atoms with Gasteiger partial charge in [0.15, 0.2) is 5.78 Å². The second-order valence-corrected chi connectivity index (χ2v) is 11.5. The minimum absolute atomic E-state index is 0.0106. The quantitative estimate of drug-likeness (QED) is 0.420. The molecule has 3 aromatic carbocycles. The van der Waals surface area contributed by atoms with E-state index in [-0.39, 0.29) is 23.7 Å². The SMILES string of the molecule is COc1ccc(/C=C2\CCCC3(C2=O)[C@@H]2CCCN2[C@@]2(C(=O)Nc4ccccc42)[C@H]3c2ccc(OC)cc2)cc1. The molecule has 3 aromatic rings. The molecule has 1 saturated carbocycles. The van der Waals surface area contributed by atoms with Crippen molar-refractivity contribution in [2.45, 2.75) is 49.6 Å². The Morgan fingerprint density at radius 3 is 2.33 bits per heavy atom. The van der Waals surface area contributed by atoms with E-state index in [0.717, 1.165) is 78.1 Å². The van der Waals surface area contributed by atoms with Crippen LogP contribution in [0.25, 0.3) is 6.08 Å². The predicted octanol–water partition coefficient (Wildman–Crippen LogP) is 5.94. The highest BCUT2D eigenvalue weighted by atomic mass is 16.5. The third-order valence-corrected chi connectivity index (χ3v) is 9.82. The first-order chi connectivity index (χ1) is 19.5. The lowest BCUT2D eigenvalue weighted by Crippen LogP contribution is -2.50. The number of para-hydroxylation sites is 1. The lowest BCUT2D eigenvalue weighted by molar-refractivity contribution is -0.129. The Morgan fingerprint density at radius 2 is 1.60 bits per heavy atom. The van der Waals surface area contributed by atoms with Gasteiger partial charge in [0, 0.05) is 23.2 Å². The number of hydrogen-bond donors (Lipinski definition) is 1. The number of allylic oxidation sites excluding steroid dienone is 1. The van der Waals surface area contributed by atoms with Gasteiger partial charge in [-0.1, -0.05) is 42.5 Å². The summed E-state index contributed by atoms with van der Waals surface area (Å²) in [5, 5.41) is 3.22. The number of rotatable bonds is 4. The molecule has 1 N–H and O–H groups in total. The molecule has 2 saturated heterocycles. The van der Waals surface area contributed by atoms with Gasteiger partial charge in [-0.05, 0) is 91.8 Å². The van der Waals surface area contributed by atoms with Crippen molar-refractivity contribution in [3.8, 4) is 11.5 Å². The second kappa shape index (κ2) is 9.34. The van der Waals surface area contributed by atoms with Crippen molar-refractivity contribution >= 4 is 23.5 Å². The van der Waals surface area contributed by atoms with Gasteiger partial charge in [-0.3, -0.25) is 14.5 Å². The Kier molecular flexibility index (Phi) is 5.86. The number of nitrogens with zero attached hydrogens (tertiary/aromatic N) is 1. The molecule has 1 aliphatic carbocycles. The van der Waals surface area contributed by atoms with Gasteiger partial charge in [0.25, 0.3) is 0 Å². The Bertz CT molecular complexity index is 1510. The predicted molar refractivity (Wildman–Crippen MR) is 154 cm³/mol. The average Bonchev–Trinajstić information content (AvgIpc) is 3.65. The first kappa shape index (κ1) is 25.1. The lowest BCUT2D eigenvalue weighted by atomic mass is 9.55. The fourth-order valence-electron chi connectivity index (χ4n) is 8.36. The van der Waals surface area contributed by atoms with Gasteiger partial charge in [0.05, 0.1) is 19.6 Å². The molecular weight excluding hydrogens is 500 g/mol. The number of amides is 1. The molecule has 4 aliphatic rings. The zero-order valence-corrected chi connectivity index (χ0v) is 23.0. The van der Waals surface area contributed by atoms with E-state index in [4.69, 9.17) is 9.47 Å². The van der Waals surface area contributed by atoms with Crippen LogP contribution in [0.4, 0.5) is 5.69 Å². The van der Waals surface area contributed by atoms with Crippen LogP contribution in [-0.4, -0.2) is 43.4 Å². The summed E-state index contributed by atoms with van der Waals surface area (Å²) in [6, 6.07) is 24.0. The van der Waals surface area contributed by atoms with Crippen LogP contribution in [0.1, 0.15) is 54.7 Å². The number of hydrogen-bond acceptors (Lipinski definition) is 5. The van der Waals surface area contributed by atoms with Crippen LogP contribution in [0.5, 0.6) is 11.5 Å². The number of carbonyl (C=O) groups excluding carboxylic acids is 2. The van der Waals surface area contributed by atoms with Crippen molar-refractivity contribution in [1.29, 1.82) is 0 Å². The van der Waals surface area contributed by atoms with Crippen LogP contribution in [0.3, 0.4) is 0 Å². The van der Waals surface area contributed by atoms with Crippen LogP contribution in [-0.2, 0) is 15.1 Å². The van der Waals surface area contributed by atoms with E-state index < -0.39 is 11.0 Å². The topological polar surface area (TPSA) is 67.9 Å². The van der Waals surface area contributed by atoms with E-state index in [1.807, 2.05) is 54.6 Å².